The third-order valence-electron chi connectivity index (χ3n) is 3.98. The van der Waals surface area contributed by atoms with Gasteiger partial charge in [0.1, 0.15) is 11.6 Å². The van der Waals surface area contributed by atoms with Crippen LogP contribution in [0, 0.1) is 11.6 Å². The molecule has 20 heavy (non-hydrogen) atoms. The van der Waals surface area contributed by atoms with Crippen LogP contribution in [0.4, 0.5) is 8.78 Å². The number of nitrogens with zero attached hydrogens (tertiary/aromatic N) is 2. The van der Waals surface area contributed by atoms with Crippen molar-refractivity contribution in [2.45, 2.75) is 6.04 Å². The SMILES string of the molecule is O=C(c1ccc(F)cc1F)N1CC(N2CCNCC2)C1. The summed E-state index contributed by atoms with van der Waals surface area (Å²) in [5, 5.41) is 3.28. The monoisotopic (exact) mass is 281 g/mol. The zero-order valence-corrected chi connectivity index (χ0v) is 11.1. The molecule has 2 heterocycles. The van der Waals surface area contributed by atoms with E-state index in [0.29, 0.717) is 19.1 Å². The van der Waals surface area contributed by atoms with Crippen molar-refractivity contribution in [2.24, 2.45) is 0 Å². The molecule has 1 aromatic rings. The van der Waals surface area contributed by atoms with Crippen molar-refractivity contribution in [1.29, 1.82) is 0 Å². The van der Waals surface area contributed by atoms with Crippen LogP contribution < -0.4 is 5.32 Å². The van der Waals surface area contributed by atoms with E-state index in [4.69, 9.17) is 0 Å². The highest BCUT2D eigenvalue weighted by Crippen LogP contribution is 2.20. The van der Waals surface area contributed by atoms with Crippen molar-refractivity contribution >= 4 is 5.91 Å². The fourth-order valence-corrected chi connectivity index (χ4v) is 2.73. The number of carbonyl (C=O) groups is 1. The number of hydrogen-bond acceptors (Lipinski definition) is 3. The van der Waals surface area contributed by atoms with Gasteiger partial charge >= 0.3 is 0 Å². The Hall–Kier alpha value is -1.53. The average molecular weight is 281 g/mol. The van der Waals surface area contributed by atoms with Crippen LogP contribution in [0.1, 0.15) is 10.4 Å². The van der Waals surface area contributed by atoms with Gasteiger partial charge in [0.05, 0.1) is 5.56 Å². The van der Waals surface area contributed by atoms with Gasteiger partial charge in [0.2, 0.25) is 0 Å². The molecule has 2 fully saturated rings. The summed E-state index contributed by atoms with van der Waals surface area (Å²) in [5.41, 5.74) is -0.0508. The molecule has 0 bridgehead atoms. The highest BCUT2D eigenvalue weighted by atomic mass is 19.1. The van der Waals surface area contributed by atoms with Crippen LogP contribution in [0.15, 0.2) is 18.2 Å². The molecule has 0 atom stereocenters. The molecular weight excluding hydrogens is 264 g/mol. The smallest absolute Gasteiger partial charge is 0.256 e. The van der Waals surface area contributed by atoms with Crippen molar-refractivity contribution in [1.82, 2.24) is 15.1 Å². The molecule has 0 aliphatic carbocycles. The Balaban J connectivity index is 1.60. The summed E-state index contributed by atoms with van der Waals surface area (Å²) in [5.74, 6) is -1.81. The number of rotatable bonds is 2. The molecule has 2 saturated heterocycles. The number of hydrogen-bond donors (Lipinski definition) is 1. The summed E-state index contributed by atoms with van der Waals surface area (Å²) in [4.78, 5) is 16.1. The Bertz CT molecular complexity index is 511. The molecule has 0 spiro atoms. The van der Waals surface area contributed by atoms with E-state index in [1.54, 1.807) is 4.90 Å². The molecular formula is C14H17F2N3O. The van der Waals surface area contributed by atoms with E-state index in [-0.39, 0.29) is 11.5 Å². The van der Waals surface area contributed by atoms with E-state index in [1.165, 1.54) is 6.07 Å². The molecule has 1 aromatic carbocycles. The van der Waals surface area contributed by atoms with Gasteiger partial charge in [0.25, 0.3) is 5.91 Å². The Morgan fingerprint density at radius 2 is 1.90 bits per heavy atom. The number of piperazine rings is 1. The second-order valence-electron chi connectivity index (χ2n) is 5.27. The standard InChI is InChI=1S/C14H17F2N3O/c15-10-1-2-12(13(16)7-10)14(20)19-8-11(9-19)18-5-3-17-4-6-18/h1-2,7,11,17H,3-6,8-9H2. The van der Waals surface area contributed by atoms with E-state index < -0.39 is 11.6 Å². The number of nitrogens with one attached hydrogen (secondary N) is 1. The minimum atomic E-state index is -0.791. The van der Waals surface area contributed by atoms with Gasteiger partial charge in [0, 0.05) is 51.4 Å². The molecule has 2 aliphatic heterocycles. The summed E-state index contributed by atoms with van der Waals surface area (Å²) in [6.45, 7) is 5.15. The topological polar surface area (TPSA) is 35.6 Å². The first kappa shape index (κ1) is 13.5. The minimum Gasteiger partial charge on any atom is -0.335 e. The van der Waals surface area contributed by atoms with Gasteiger partial charge in [-0.15, -0.1) is 0 Å². The number of benzene rings is 1. The molecule has 0 saturated carbocycles. The molecule has 1 N–H and O–H groups in total. The maximum absolute atomic E-state index is 13.6. The molecule has 0 unspecified atom stereocenters. The van der Waals surface area contributed by atoms with E-state index in [0.717, 1.165) is 38.3 Å². The van der Waals surface area contributed by atoms with Crippen molar-refractivity contribution < 1.29 is 13.6 Å². The largest absolute Gasteiger partial charge is 0.335 e. The van der Waals surface area contributed by atoms with Crippen molar-refractivity contribution in [3.05, 3.63) is 35.4 Å². The zero-order chi connectivity index (χ0) is 14.1. The van der Waals surface area contributed by atoms with Crippen LogP contribution in [0.5, 0.6) is 0 Å². The predicted octanol–water partition coefficient (Wildman–Crippen LogP) is 0.694. The molecule has 0 radical (unpaired) electrons. The van der Waals surface area contributed by atoms with E-state index in [2.05, 4.69) is 10.2 Å². The highest BCUT2D eigenvalue weighted by Gasteiger charge is 2.36. The maximum atomic E-state index is 13.6. The first-order chi connectivity index (χ1) is 9.65. The second kappa shape index (κ2) is 5.46. The van der Waals surface area contributed by atoms with E-state index >= 15 is 0 Å². The Morgan fingerprint density at radius 3 is 2.55 bits per heavy atom. The van der Waals surface area contributed by atoms with Crippen molar-refractivity contribution in [2.75, 3.05) is 39.3 Å². The van der Waals surface area contributed by atoms with Gasteiger partial charge in [0.15, 0.2) is 0 Å². The summed E-state index contributed by atoms with van der Waals surface area (Å²) in [7, 11) is 0. The summed E-state index contributed by atoms with van der Waals surface area (Å²) in [6.07, 6.45) is 0. The zero-order valence-electron chi connectivity index (χ0n) is 11.1. The Morgan fingerprint density at radius 1 is 1.20 bits per heavy atom. The Labute approximate surface area is 116 Å². The van der Waals surface area contributed by atoms with E-state index in [9.17, 15) is 13.6 Å². The molecule has 1 amide bonds. The molecule has 4 nitrogen and oxygen atoms in total. The lowest BCUT2D eigenvalue weighted by molar-refractivity contribution is 0.0223. The number of halogens is 2. The highest BCUT2D eigenvalue weighted by molar-refractivity contribution is 5.95. The van der Waals surface area contributed by atoms with Crippen molar-refractivity contribution in [3.8, 4) is 0 Å². The van der Waals surface area contributed by atoms with Gasteiger partial charge in [-0.3, -0.25) is 9.69 Å². The van der Waals surface area contributed by atoms with Crippen LogP contribution in [-0.4, -0.2) is 61.0 Å². The molecule has 3 rings (SSSR count). The number of amides is 1. The number of likely N-dealkylation sites (tertiary alicyclic amines) is 1. The lowest BCUT2D eigenvalue weighted by atomic mass is 10.0. The normalized spacial score (nSPS) is 20.8. The quantitative estimate of drug-likeness (QED) is 0.866. The van der Waals surface area contributed by atoms with Crippen LogP contribution in [0.25, 0.3) is 0 Å². The lowest BCUT2D eigenvalue weighted by Crippen LogP contribution is -2.63. The van der Waals surface area contributed by atoms with Crippen molar-refractivity contribution in [3.63, 3.8) is 0 Å². The summed E-state index contributed by atoms with van der Waals surface area (Å²) < 4.78 is 26.4. The minimum absolute atomic E-state index is 0.0508. The van der Waals surface area contributed by atoms with Gasteiger partial charge in [-0.05, 0) is 12.1 Å². The average Bonchev–Trinajstić information content (AvgIpc) is 2.38. The molecule has 0 aromatic heterocycles. The fourth-order valence-electron chi connectivity index (χ4n) is 2.73. The first-order valence-corrected chi connectivity index (χ1v) is 6.84. The maximum Gasteiger partial charge on any atom is 0.256 e. The molecule has 2 aliphatic rings. The number of carbonyl (C=O) groups excluding carboxylic acids is 1. The van der Waals surface area contributed by atoms with Gasteiger partial charge in [-0.1, -0.05) is 0 Å². The van der Waals surface area contributed by atoms with E-state index in [1.807, 2.05) is 0 Å². The molecule has 108 valence electrons. The van der Waals surface area contributed by atoms with Crippen LogP contribution in [-0.2, 0) is 0 Å². The van der Waals surface area contributed by atoms with Gasteiger partial charge in [-0.2, -0.15) is 0 Å². The second-order valence-corrected chi connectivity index (χ2v) is 5.27. The first-order valence-electron chi connectivity index (χ1n) is 6.84. The van der Waals surface area contributed by atoms with Gasteiger partial charge < -0.3 is 10.2 Å². The summed E-state index contributed by atoms with van der Waals surface area (Å²) in [6, 6.07) is 3.44. The summed E-state index contributed by atoms with van der Waals surface area (Å²) >= 11 is 0. The third-order valence-corrected chi connectivity index (χ3v) is 3.98. The van der Waals surface area contributed by atoms with Crippen LogP contribution >= 0.6 is 0 Å². The Kier molecular flexibility index (Phi) is 3.67. The fraction of sp³-hybridized carbons (Fsp3) is 0.500. The van der Waals surface area contributed by atoms with Crippen LogP contribution in [0.2, 0.25) is 0 Å². The third kappa shape index (κ3) is 2.53. The molecule has 6 heteroatoms. The predicted molar refractivity (Wildman–Crippen MR) is 70.5 cm³/mol. The lowest BCUT2D eigenvalue weighted by Gasteiger charge is -2.46. The van der Waals surface area contributed by atoms with Crippen LogP contribution in [0.3, 0.4) is 0 Å². The van der Waals surface area contributed by atoms with Gasteiger partial charge in [-0.25, -0.2) is 8.78 Å².